The molecule has 0 bridgehead atoms. The molecule has 2 nitrogen and oxygen atoms in total. The molecule has 0 saturated carbocycles. The zero-order valence-electron chi connectivity index (χ0n) is 7.31. The molecule has 0 aromatic carbocycles. The number of thiazole rings is 1. The van der Waals surface area contributed by atoms with Crippen molar-refractivity contribution in [1.82, 2.24) is 4.98 Å². The lowest BCUT2D eigenvalue weighted by molar-refractivity contribution is 0.732. The number of nitrogens with two attached hydrogens (primary N) is 1. The Balaban J connectivity index is 2.06. The third kappa shape index (κ3) is 2.42. The van der Waals surface area contributed by atoms with Crippen molar-refractivity contribution < 1.29 is 0 Å². The van der Waals surface area contributed by atoms with Gasteiger partial charge in [-0.3, -0.25) is 4.98 Å². The summed E-state index contributed by atoms with van der Waals surface area (Å²) in [6.45, 7) is 0. The highest BCUT2D eigenvalue weighted by Crippen LogP contribution is 2.26. The van der Waals surface area contributed by atoms with Gasteiger partial charge in [0, 0.05) is 23.5 Å². The van der Waals surface area contributed by atoms with E-state index in [0.717, 1.165) is 10.2 Å². The minimum Gasteiger partial charge on any atom is -0.324 e. The Labute approximate surface area is 98.9 Å². The third-order valence-corrected chi connectivity index (χ3v) is 4.25. The van der Waals surface area contributed by atoms with Crippen LogP contribution in [0.3, 0.4) is 0 Å². The molecule has 2 rings (SSSR count). The fourth-order valence-electron chi connectivity index (χ4n) is 1.20. The average molecular weight is 289 g/mol. The van der Waals surface area contributed by atoms with Crippen LogP contribution in [0.25, 0.3) is 0 Å². The molecule has 0 radical (unpaired) electrons. The smallest absolute Gasteiger partial charge is 0.0794 e. The molecule has 2 aromatic heterocycles. The summed E-state index contributed by atoms with van der Waals surface area (Å²) in [4.78, 5) is 5.27. The van der Waals surface area contributed by atoms with E-state index in [-0.39, 0.29) is 6.04 Å². The van der Waals surface area contributed by atoms with Crippen LogP contribution in [0.4, 0.5) is 0 Å². The molecule has 0 aliphatic carbocycles. The Bertz CT molecular complexity index is 397. The highest BCUT2D eigenvalue weighted by atomic mass is 79.9. The maximum absolute atomic E-state index is 6.06. The van der Waals surface area contributed by atoms with Crippen LogP contribution in [0.1, 0.15) is 16.5 Å². The fraction of sp³-hybridized carbons (Fsp3) is 0.222. The van der Waals surface area contributed by atoms with Crippen LogP contribution in [0.2, 0.25) is 0 Å². The van der Waals surface area contributed by atoms with Gasteiger partial charge >= 0.3 is 0 Å². The second-order valence-electron chi connectivity index (χ2n) is 2.96. The lowest BCUT2D eigenvalue weighted by atomic mass is 10.1. The monoisotopic (exact) mass is 288 g/mol. The predicted octanol–water partition coefficient (Wildman–Crippen LogP) is 3.21. The summed E-state index contributed by atoms with van der Waals surface area (Å²) in [6, 6.07) is 2.16. The number of hydrogen-bond donors (Lipinski definition) is 1. The zero-order chi connectivity index (χ0) is 9.97. The first kappa shape index (κ1) is 10.3. The minimum atomic E-state index is 0.0815. The summed E-state index contributed by atoms with van der Waals surface area (Å²) >= 11 is 6.75. The number of halogens is 1. The molecular weight excluding hydrogens is 280 g/mol. The van der Waals surface area contributed by atoms with Gasteiger partial charge in [0.05, 0.1) is 9.30 Å². The van der Waals surface area contributed by atoms with E-state index in [2.05, 4.69) is 32.4 Å². The largest absolute Gasteiger partial charge is 0.324 e. The van der Waals surface area contributed by atoms with E-state index in [4.69, 9.17) is 5.73 Å². The van der Waals surface area contributed by atoms with Crippen LogP contribution in [-0.2, 0) is 6.42 Å². The van der Waals surface area contributed by atoms with Gasteiger partial charge in [0.15, 0.2) is 0 Å². The summed E-state index contributed by atoms with van der Waals surface area (Å²) in [5.74, 6) is 0. The van der Waals surface area contributed by atoms with E-state index in [1.165, 1.54) is 10.4 Å². The van der Waals surface area contributed by atoms with Crippen molar-refractivity contribution in [3.8, 4) is 0 Å². The molecule has 0 saturated heterocycles. The molecule has 2 N–H and O–H groups in total. The molecule has 0 aliphatic rings. The predicted molar refractivity (Wildman–Crippen MR) is 64.8 cm³/mol. The van der Waals surface area contributed by atoms with Gasteiger partial charge in [0.2, 0.25) is 0 Å². The van der Waals surface area contributed by atoms with Crippen molar-refractivity contribution in [1.29, 1.82) is 0 Å². The molecule has 74 valence electrons. The van der Waals surface area contributed by atoms with E-state index in [0.29, 0.717) is 0 Å². The molecule has 14 heavy (non-hydrogen) atoms. The van der Waals surface area contributed by atoms with E-state index < -0.39 is 0 Å². The lowest BCUT2D eigenvalue weighted by Crippen LogP contribution is -2.11. The second-order valence-corrected chi connectivity index (χ2v) is 6.22. The number of thiophene rings is 1. The normalized spacial score (nSPS) is 13.0. The van der Waals surface area contributed by atoms with Gasteiger partial charge in [-0.25, -0.2) is 0 Å². The van der Waals surface area contributed by atoms with E-state index in [1.807, 2.05) is 11.7 Å². The Morgan fingerprint density at radius 3 is 2.93 bits per heavy atom. The van der Waals surface area contributed by atoms with Gasteiger partial charge in [-0.15, -0.1) is 22.7 Å². The van der Waals surface area contributed by atoms with Gasteiger partial charge in [-0.05, 0) is 32.9 Å². The van der Waals surface area contributed by atoms with E-state index in [1.54, 1.807) is 22.7 Å². The van der Waals surface area contributed by atoms with Crippen LogP contribution >= 0.6 is 38.6 Å². The zero-order valence-corrected chi connectivity index (χ0v) is 10.5. The molecule has 5 heteroatoms. The van der Waals surface area contributed by atoms with Crippen molar-refractivity contribution >= 4 is 38.6 Å². The van der Waals surface area contributed by atoms with Crippen LogP contribution in [-0.4, -0.2) is 4.98 Å². The fourth-order valence-corrected chi connectivity index (χ4v) is 3.09. The Morgan fingerprint density at radius 1 is 1.50 bits per heavy atom. The maximum Gasteiger partial charge on any atom is 0.0794 e. The van der Waals surface area contributed by atoms with E-state index >= 15 is 0 Å². The summed E-state index contributed by atoms with van der Waals surface area (Å²) in [5, 5.41) is 2.09. The lowest BCUT2D eigenvalue weighted by Gasteiger charge is -2.06. The third-order valence-electron chi connectivity index (χ3n) is 1.92. The minimum absolute atomic E-state index is 0.0815. The Hall–Kier alpha value is -0.230. The number of aromatic nitrogens is 1. The summed E-state index contributed by atoms with van der Waals surface area (Å²) in [6.07, 6.45) is 2.75. The molecular formula is C9H9BrN2S2. The highest BCUT2D eigenvalue weighted by molar-refractivity contribution is 9.11. The van der Waals surface area contributed by atoms with E-state index in [9.17, 15) is 0 Å². The maximum atomic E-state index is 6.06. The van der Waals surface area contributed by atoms with Crippen molar-refractivity contribution in [2.75, 3.05) is 0 Å². The van der Waals surface area contributed by atoms with Crippen LogP contribution in [0.15, 0.2) is 26.9 Å². The van der Waals surface area contributed by atoms with Crippen LogP contribution in [0, 0.1) is 0 Å². The first-order valence-electron chi connectivity index (χ1n) is 4.12. The first-order valence-corrected chi connectivity index (χ1v) is 6.68. The molecule has 0 spiro atoms. The van der Waals surface area contributed by atoms with Gasteiger partial charge in [0.1, 0.15) is 0 Å². The number of rotatable bonds is 3. The molecule has 1 unspecified atom stereocenters. The van der Waals surface area contributed by atoms with Gasteiger partial charge < -0.3 is 5.73 Å². The number of hydrogen-bond acceptors (Lipinski definition) is 4. The van der Waals surface area contributed by atoms with Crippen molar-refractivity contribution in [2.45, 2.75) is 12.5 Å². The van der Waals surface area contributed by atoms with Crippen molar-refractivity contribution in [3.05, 3.63) is 37.4 Å². The molecule has 0 fully saturated rings. The van der Waals surface area contributed by atoms with Gasteiger partial charge in [-0.1, -0.05) is 0 Å². The van der Waals surface area contributed by atoms with Gasteiger partial charge in [0.25, 0.3) is 0 Å². The summed E-state index contributed by atoms with van der Waals surface area (Å²) < 4.78 is 1.13. The Morgan fingerprint density at radius 2 is 2.36 bits per heavy atom. The summed E-state index contributed by atoms with van der Waals surface area (Å²) in [5.41, 5.74) is 9.09. The number of nitrogens with zero attached hydrogens (tertiary/aromatic N) is 1. The van der Waals surface area contributed by atoms with Gasteiger partial charge in [-0.2, -0.15) is 0 Å². The molecule has 1 atom stereocenters. The standard InChI is InChI=1S/C9H9BrN2S2/c10-9-1-6(4-13-9)8(11)2-7-3-12-5-14-7/h1,3-5,8H,2,11H2. The highest BCUT2D eigenvalue weighted by Gasteiger charge is 2.09. The van der Waals surface area contributed by atoms with Crippen molar-refractivity contribution in [2.24, 2.45) is 5.73 Å². The first-order chi connectivity index (χ1) is 6.75. The topological polar surface area (TPSA) is 38.9 Å². The van der Waals surface area contributed by atoms with Crippen molar-refractivity contribution in [3.63, 3.8) is 0 Å². The molecule has 2 heterocycles. The van der Waals surface area contributed by atoms with Crippen LogP contribution in [0.5, 0.6) is 0 Å². The average Bonchev–Trinajstić information content (AvgIpc) is 2.75. The quantitative estimate of drug-likeness (QED) is 0.942. The Kier molecular flexibility index (Phi) is 3.33. The SMILES string of the molecule is NC(Cc1cncs1)c1csc(Br)c1. The molecule has 2 aromatic rings. The molecule has 0 amide bonds. The second kappa shape index (κ2) is 4.53. The van der Waals surface area contributed by atoms with Crippen LogP contribution < -0.4 is 5.73 Å². The summed E-state index contributed by atoms with van der Waals surface area (Å²) in [7, 11) is 0. The molecule has 0 aliphatic heterocycles.